The van der Waals surface area contributed by atoms with Gasteiger partial charge in [-0.1, -0.05) is 17.7 Å². The normalized spacial score (nSPS) is 17.1. The van der Waals surface area contributed by atoms with Crippen LogP contribution in [0.15, 0.2) is 24.3 Å². The summed E-state index contributed by atoms with van der Waals surface area (Å²) in [5, 5.41) is 8.70. The minimum Gasteiger partial charge on any atom is -0.488 e. The minimum absolute atomic E-state index is 0.278. The monoisotopic (exact) mass is 221 g/mol. The maximum Gasteiger partial charge on any atom is 0.124 e. The highest BCUT2D eigenvalue weighted by atomic mass is 16.5. The van der Waals surface area contributed by atoms with Crippen molar-refractivity contribution in [3.63, 3.8) is 0 Å². The zero-order chi connectivity index (χ0) is 11.4. The highest BCUT2D eigenvalue weighted by Crippen LogP contribution is 2.18. The Labute approximate surface area is 96.6 Å². The topological polar surface area (TPSA) is 32.7 Å². The van der Waals surface area contributed by atoms with E-state index in [1.807, 2.05) is 12.1 Å². The molecule has 0 bridgehead atoms. The van der Waals surface area contributed by atoms with Crippen LogP contribution in [-0.2, 0) is 0 Å². The Bertz CT molecular complexity index is 317. The van der Waals surface area contributed by atoms with E-state index < -0.39 is 0 Å². The van der Waals surface area contributed by atoms with Crippen molar-refractivity contribution in [2.75, 3.05) is 26.2 Å². The van der Waals surface area contributed by atoms with Gasteiger partial charge in [0.15, 0.2) is 0 Å². The van der Waals surface area contributed by atoms with Gasteiger partial charge in [0.05, 0.1) is 0 Å². The van der Waals surface area contributed by atoms with E-state index in [-0.39, 0.29) is 6.61 Å². The maximum atomic E-state index is 8.70. The van der Waals surface area contributed by atoms with E-state index in [0.717, 1.165) is 31.8 Å². The molecule has 16 heavy (non-hydrogen) atoms. The molecule has 2 rings (SSSR count). The van der Waals surface area contributed by atoms with Crippen LogP contribution in [-0.4, -0.2) is 42.4 Å². The first kappa shape index (κ1) is 11.4. The summed E-state index contributed by atoms with van der Waals surface area (Å²) in [5.74, 6) is 0.956. The number of benzene rings is 1. The van der Waals surface area contributed by atoms with Gasteiger partial charge in [-0.2, -0.15) is 0 Å². The number of nitrogens with zero attached hydrogens (tertiary/aromatic N) is 1. The van der Waals surface area contributed by atoms with E-state index in [4.69, 9.17) is 9.84 Å². The summed E-state index contributed by atoms with van der Waals surface area (Å²) in [6.45, 7) is 5.29. The Kier molecular flexibility index (Phi) is 3.80. The number of aliphatic hydroxyl groups excluding tert-OH is 1. The highest BCUT2D eigenvalue weighted by Gasteiger charge is 2.27. The van der Waals surface area contributed by atoms with Crippen molar-refractivity contribution in [2.24, 2.45) is 0 Å². The summed E-state index contributed by atoms with van der Waals surface area (Å²) in [7, 11) is 0. The molecule has 0 unspecified atom stereocenters. The standard InChI is InChI=1S/C13H19NO2/c1-11-3-5-12(6-4-11)16-13-9-14(10-13)7-2-8-15/h3-6,13,15H,2,7-10H2,1H3. The Morgan fingerprint density at radius 3 is 2.62 bits per heavy atom. The van der Waals surface area contributed by atoms with Crippen molar-refractivity contribution in [3.8, 4) is 5.75 Å². The first-order valence-corrected chi connectivity index (χ1v) is 5.84. The molecule has 1 saturated heterocycles. The lowest BCUT2D eigenvalue weighted by atomic mass is 10.1. The Balaban J connectivity index is 1.71. The van der Waals surface area contributed by atoms with Crippen LogP contribution in [0.5, 0.6) is 5.75 Å². The van der Waals surface area contributed by atoms with Crippen molar-refractivity contribution in [1.29, 1.82) is 0 Å². The van der Waals surface area contributed by atoms with Gasteiger partial charge in [0.25, 0.3) is 0 Å². The fourth-order valence-electron chi connectivity index (χ4n) is 1.88. The van der Waals surface area contributed by atoms with Crippen LogP contribution in [0.25, 0.3) is 0 Å². The first-order valence-electron chi connectivity index (χ1n) is 5.84. The van der Waals surface area contributed by atoms with Gasteiger partial charge in [-0.3, -0.25) is 4.90 Å². The highest BCUT2D eigenvalue weighted by molar-refractivity contribution is 5.26. The van der Waals surface area contributed by atoms with Crippen LogP contribution >= 0.6 is 0 Å². The molecular formula is C13H19NO2. The minimum atomic E-state index is 0.278. The number of hydrogen-bond donors (Lipinski definition) is 1. The lowest BCUT2D eigenvalue weighted by Crippen LogP contribution is -2.53. The van der Waals surface area contributed by atoms with Crippen LogP contribution in [0.3, 0.4) is 0 Å². The molecule has 0 saturated carbocycles. The number of aryl methyl sites for hydroxylation is 1. The third-order valence-corrected chi connectivity index (χ3v) is 2.88. The van der Waals surface area contributed by atoms with Gasteiger partial charge >= 0.3 is 0 Å². The molecule has 0 aromatic heterocycles. The van der Waals surface area contributed by atoms with Gasteiger partial charge in [0.1, 0.15) is 11.9 Å². The molecule has 1 aromatic rings. The van der Waals surface area contributed by atoms with E-state index in [1.54, 1.807) is 0 Å². The molecule has 0 atom stereocenters. The average molecular weight is 221 g/mol. The summed E-state index contributed by atoms with van der Waals surface area (Å²) in [6, 6.07) is 8.17. The second kappa shape index (κ2) is 5.32. The third kappa shape index (κ3) is 2.97. The van der Waals surface area contributed by atoms with Gasteiger partial charge in [-0.25, -0.2) is 0 Å². The molecule has 1 aromatic carbocycles. The fourth-order valence-corrected chi connectivity index (χ4v) is 1.88. The number of ether oxygens (including phenoxy) is 1. The van der Waals surface area contributed by atoms with Crippen LogP contribution in [0, 0.1) is 6.92 Å². The third-order valence-electron chi connectivity index (χ3n) is 2.88. The summed E-state index contributed by atoms with van der Waals surface area (Å²) in [5.41, 5.74) is 1.26. The van der Waals surface area contributed by atoms with Gasteiger partial charge in [0.2, 0.25) is 0 Å². The second-order valence-corrected chi connectivity index (χ2v) is 4.39. The van der Waals surface area contributed by atoms with Crippen LogP contribution in [0.4, 0.5) is 0 Å². The van der Waals surface area contributed by atoms with E-state index >= 15 is 0 Å². The van der Waals surface area contributed by atoms with Crippen LogP contribution in [0.1, 0.15) is 12.0 Å². The fraction of sp³-hybridized carbons (Fsp3) is 0.538. The van der Waals surface area contributed by atoms with Gasteiger partial charge in [-0.15, -0.1) is 0 Å². The molecule has 0 amide bonds. The summed E-state index contributed by atoms with van der Waals surface area (Å²) >= 11 is 0. The number of likely N-dealkylation sites (tertiary alicyclic amines) is 1. The molecule has 3 heteroatoms. The van der Waals surface area contributed by atoms with E-state index in [9.17, 15) is 0 Å². The van der Waals surface area contributed by atoms with E-state index in [1.165, 1.54) is 5.56 Å². The molecule has 1 N–H and O–H groups in total. The van der Waals surface area contributed by atoms with Gasteiger partial charge in [0, 0.05) is 26.2 Å². The van der Waals surface area contributed by atoms with Crippen molar-refractivity contribution in [2.45, 2.75) is 19.4 Å². The predicted octanol–water partition coefficient (Wildman–Crippen LogP) is 1.44. The zero-order valence-corrected chi connectivity index (χ0v) is 9.72. The molecule has 1 fully saturated rings. The van der Waals surface area contributed by atoms with Crippen molar-refractivity contribution < 1.29 is 9.84 Å². The molecule has 1 aliphatic rings. The number of aliphatic hydroxyl groups is 1. The largest absolute Gasteiger partial charge is 0.488 e. The maximum absolute atomic E-state index is 8.70. The molecular weight excluding hydrogens is 202 g/mol. The summed E-state index contributed by atoms with van der Waals surface area (Å²) in [4.78, 5) is 2.30. The molecule has 1 aliphatic heterocycles. The van der Waals surface area contributed by atoms with Gasteiger partial charge < -0.3 is 9.84 Å². The Morgan fingerprint density at radius 1 is 1.31 bits per heavy atom. The second-order valence-electron chi connectivity index (χ2n) is 4.39. The summed E-state index contributed by atoms with van der Waals surface area (Å²) in [6.07, 6.45) is 1.18. The van der Waals surface area contributed by atoms with Crippen molar-refractivity contribution in [3.05, 3.63) is 29.8 Å². The molecule has 0 aliphatic carbocycles. The quantitative estimate of drug-likeness (QED) is 0.816. The smallest absolute Gasteiger partial charge is 0.124 e. The molecule has 0 spiro atoms. The molecule has 1 heterocycles. The average Bonchev–Trinajstić information content (AvgIpc) is 2.24. The van der Waals surface area contributed by atoms with E-state index in [0.29, 0.717) is 6.10 Å². The molecule has 0 radical (unpaired) electrons. The predicted molar refractivity (Wildman–Crippen MR) is 63.7 cm³/mol. The lowest BCUT2D eigenvalue weighted by Gasteiger charge is -2.38. The van der Waals surface area contributed by atoms with Crippen LogP contribution < -0.4 is 4.74 Å². The number of hydrogen-bond acceptors (Lipinski definition) is 3. The number of rotatable bonds is 5. The van der Waals surface area contributed by atoms with Crippen molar-refractivity contribution in [1.82, 2.24) is 4.90 Å². The molecule has 88 valence electrons. The van der Waals surface area contributed by atoms with E-state index in [2.05, 4.69) is 24.0 Å². The van der Waals surface area contributed by atoms with Gasteiger partial charge in [-0.05, 0) is 25.5 Å². The summed E-state index contributed by atoms with van der Waals surface area (Å²) < 4.78 is 5.81. The van der Waals surface area contributed by atoms with Crippen LogP contribution in [0.2, 0.25) is 0 Å². The first-order chi connectivity index (χ1) is 7.78. The Hall–Kier alpha value is -1.06. The zero-order valence-electron chi connectivity index (χ0n) is 9.72. The Morgan fingerprint density at radius 2 is 2.00 bits per heavy atom. The lowest BCUT2D eigenvalue weighted by molar-refractivity contribution is 0.0167. The van der Waals surface area contributed by atoms with Crippen molar-refractivity contribution >= 4 is 0 Å². The SMILES string of the molecule is Cc1ccc(OC2CN(CCCO)C2)cc1. The molecule has 3 nitrogen and oxygen atoms in total.